The topological polar surface area (TPSA) is 52.0 Å². The molecule has 1 saturated carbocycles. The first kappa shape index (κ1) is 17.5. The SMILES string of the molecule is C1=Cc2ccc3c(c2[N-]C1)[N-]CC=C3.CC1CC[CH]([Hg][C]#N)CC1. The number of hydrogen-bond donors (Lipinski definition) is 0. The van der Waals surface area contributed by atoms with Gasteiger partial charge in [0.2, 0.25) is 0 Å². The summed E-state index contributed by atoms with van der Waals surface area (Å²) < 4.78 is 3.42. The zero-order chi connectivity index (χ0) is 16.8. The molecule has 1 aromatic rings. The van der Waals surface area contributed by atoms with Gasteiger partial charge in [0.05, 0.1) is 0 Å². The van der Waals surface area contributed by atoms with Crippen molar-refractivity contribution in [3.05, 3.63) is 46.0 Å². The Kier molecular flexibility index (Phi) is 6.37. The standard InChI is InChI=1S/C12H10N2.C7H13.CN.Hg/c1-3-9-5-6-10-4-2-8-14-12(10)11(9)13-7-1;1-7-5-3-2-4-6-7;1-2;/h1-6H,7-8H2;2,7H,3-6H2,1H3;;/q-2;;;. The number of hydrogen-bond acceptors (Lipinski definition) is 1. The molecule has 0 bridgehead atoms. The van der Waals surface area contributed by atoms with E-state index < -0.39 is 24.6 Å². The molecule has 122 valence electrons. The van der Waals surface area contributed by atoms with Crippen LogP contribution in [0.4, 0.5) is 11.4 Å². The molecule has 2 heterocycles. The third kappa shape index (κ3) is 4.42. The van der Waals surface area contributed by atoms with Gasteiger partial charge in [0, 0.05) is 0 Å². The van der Waals surface area contributed by atoms with Crippen molar-refractivity contribution in [3.63, 3.8) is 0 Å². The van der Waals surface area contributed by atoms with Crippen LogP contribution in [0.15, 0.2) is 24.3 Å². The molecule has 24 heavy (non-hydrogen) atoms. The molecule has 4 heteroatoms. The molecule has 3 nitrogen and oxygen atoms in total. The van der Waals surface area contributed by atoms with Gasteiger partial charge >= 0.3 is 75.4 Å². The third-order valence-corrected chi connectivity index (χ3v) is 11.2. The van der Waals surface area contributed by atoms with E-state index in [1.807, 2.05) is 0 Å². The normalized spacial score (nSPS) is 23.2. The van der Waals surface area contributed by atoms with Crippen LogP contribution in [0.1, 0.15) is 43.7 Å². The van der Waals surface area contributed by atoms with E-state index in [-0.39, 0.29) is 0 Å². The maximum absolute atomic E-state index is 8.53. The monoisotopic (exact) mass is 507 g/mol. The van der Waals surface area contributed by atoms with Crippen LogP contribution in [0, 0.1) is 14.8 Å². The molecule has 1 fully saturated rings. The van der Waals surface area contributed by atoms with Crippen LogP contribution in [0.5, 0.6) is 0 Å². The Morgan fingerprint density at radius 3 is 2.00 bits per heavy atom. The van der Waals surface area contributed by atoms with Crippen molar-refractivity contribution in [2.24, 2.45) is 5.92 Å². The van der Waals surface area contributed by atoms with E-state index in [2.05, 4.69) is 57.6 Å². The first-order valence-corrected chi connectivity index (χ1v) is 14.9. The third-order valence-electron chi connectivity index (χ3n) is 5.03. The summed E-state index contributed by atoms with van der Waals surface area (Å²) in [4.78, 5) is 0. The Morgan fingerprint density at radius 2 is 1.50 bits per heavy atom. The Bertz CT molecular complexity index is 623. The Balaban J connectivity index is 0.000000150. The van der Waals surface area contributed by atoms with Gasteiger partial charge in [-0.25, -0.2) is 0 Å². The van der Waals surface area contributed by atoms with E-state index in [4.69, 9.17) is 5.26 Å². The summed E-state index contributed by atoms with van der Waals surface area (Å²) >= 11 is -1.02. The van der Waals surface area contributed by atoms with Crippen molar-refractivity contribution in [2.45, 2.75) is 36.0 Å². The first-order valence-electron chi connectivity index (χ1n) is 9.00. The number of rotatable bonds is 1. The molecule has 2 aliphatic heterocycles. The van der Waals surface area contributed by atoms with Crippen molar-refractivity contribution in [3.8, 4) is 3.58 Å². The molecule has 0 N–H and O–H groups in total. The number of nitriles is 1. The van der Waals surface area contributed by atoms with Gasteiger partial charge in [0.15, 0.2) is 0 Å². The van der Waals surface area contributed by atoms with E-state index >= 15 is 0 Å². The summed E-state index contributed by atoms with van der Waals surface area (Å²) in [5.41, 5.74) is 4.51. The molecule has 1 aliphatic carbocycles. The quantitative estimate of drug-likeness (QED) is 0.413. The zero-order valence-electron chi connectivity index (χ0n) is 14.4. The van der Waals surface area contributed by atoms with E-state index in [0.717, 1.165) is 33.8 Å². The van der Waals surface area contributed by atoms with Crippen molar-refractivity contribution in [1.82, 2.24) is 0 Å². The fourth-order valence-electron chi connectivity index (χ4n) is 3.52. The second-order valence-corrected chi connectivity index (χ2v) is 14.2. The summed E-state index contributed by atoms with van der Waals surface area (Å²) in [7, 11) is 0. The minimum atomic E-state index is -1.02. The van der Waals surface area contributed by atoms with Crippen LogP contribution >= 0.6 is 0 Å². The number of fused-ring (bicyclic) bond motifs is 3. The fourth-order valence-corrected chi connectivity index (χ4v) is 7.95. The second-order valence-electron chi connectivity index (χ2n) is 6.92. The second kappa shape index (κ2) is 8.71. The van der Waals surface area contributed by atoms with E-state index in [1.165, 1.54) is 36.8 Å². The van der Waals surface area contributed by atoms with Crippen molar-refractivity contribution in [2.75, 3.05) is 13.1 Å². The molecular formula is C20H23HgN3-2. The van der Waals surface area contributed by atoms with Gasteiger partial charge in [-0.2, -0.15) is 0 Å². The van der Waals surface area contributed by atoms with Gasteiger partial charge in [-0.1, -0.05) is 24.3 Å². The van der Waals surface area contributed by atoms with Crippen molar-refractivity contribution < 1.29 is 24.6 Å². The molecule has 0 aromatic heterocycles. The van der Waals surface area contributed by atoms with Crippen LogP contribution in [-0.4, -0.2) is 13.1 Å². The molecule has 0 amide bonds. The summed E-state index contributed by atoms with van der Waals surface area (Å²) in [5, 5.41) is 17.5. The average molecular weight is 506 g/mol. The van der Waals surface area contributed by atoms with Crippen molar-refractivity contribution >= 4 is 23.5 Å². The fraction of sp³-hybridized carbons (Fsp3) is 0.450. The summed E-state index contributed by atoms with van der Waals surface area (Å²) in [6.45, 7) is 3.89. The van der Waals surface area contributed by atoms with Crippen LogP contribution in [0.2, 0.25) is 3.43 Å². The summed E-state index contributed by atoms with van der Waals surface area (Å²) in [6, 6.07) is 4.22. The number of nitrogens with zero attached hydrogens (tertiary/aromatic N) is 3. The first-order chi connectivity index (χ1) is 11.8. The zero-order valence-corrected chi connectivity index (χ0v) is 19.9. The van der Waals surface area contributed by atoms with E-state index in [1.54, 1.807) is 0 Å². The molecule has 1 aromatic carbocycles. The summed E-state index contributed by atoms with van der Waals surface area (Å²) in [6.07, 6.45) is 14.0. The minimum absolute atomic E-state index is 0.780. The van der Waals surface area contributed by atoms with Gasteiger partial charge in [0.25, 0.3) is 0 Å². The Labute approximate surface area is 157 Å². The van der Waals surface area contributed by atoms with Crippen LogP contribution in [0.25, 0.3) is 22.8 Å². The maximum atomic E-state index is 8.53. The molecule has 3 aliphatic rings. The molecule has 0 atom stereocenters. The van der Waals surface area contributed by atoms with Crippen LogP contribution in [-0.2, 0) is 24.6 Å². The van der Waals surface area contributed by atoms with Gasteiger partial charge in [0.1, 0.15) is 0 Å². The molecular weight excluding hydrogens is 483 g/mol. The van der Waals surface area contributed by atoms with E-state index in [9.17, 15) is 0 Å². The molecule has 4 rings (SSSR count). The predicted octanol–water partition coefficient (Wildman–Crippen LogP) is 6.30. The summed E-state index contributed by atoms with van der Waals surface area (Å²) in [5.74, 6) is 0.948. The van der Waals surface area contributed by atoms with Gasteiger partial charge in [-0.3, -0.25) is 0 Å². The Hall–Kier alpha value is -1.27. The van der Waals surface area contributed by atoms with Gasteiger partial charge < -0.3 is 10.6 Å². The molecule has 0 radical (unpaired) electrons. The molecule has 0 unspecified atom stereocenters. The Morgan fingerprint density at radius 1 is 0.958 bits per heavy atom. The van der Waals surface area contributed by atoms with E-state index in [0.29, 0.717) is 0 Å². The average Bonchev–Trinajstić information content (AvgIpc) is 2.64. The van der Waals surface area contributed by atoms with Gasteiger partial charge in [-0.05, 0) is 11.1 Å². The van der Waals surface area contributed by atoms with Gasteiger partial charge in [-0.15, -0.1) is 36.6 Å². The van der Waals surface area contributed by atoms with Crippen LogP contribution in [0.3, 0.4) is 0 Å². The van der Waals surface area contributed by atoms with Crippen LogP contribution < -0.4 is 0 Å². The molecule has 0 saturated heterocycles. The predicted molar refractivity (Wildman–Crippen MR) is 97.3 cm³/mol. The molecule has 0 spiro atoms. The van der Waals surface area contributed by atoms with Crippen molar-refractivity contribution in [1.29, 1.82) is 5.26 Å². The number of benzene rings is 1.